The Morgan fingerprint density at radius 1 is 1.10 bits per heavy atom. The van der Waals surface area contributed by atoms with Gasteiger partial charge in [0.15, 0.2) is 0 Å². The second kappa shape index (κ2) is 5.58. The predicted molar refractivity (Wildman–Crippen MR) is 83.6 cm³/mol. The number of benzene rings is 2. The van der Waals surface area contributed by atoms with Crippen LogP contribution >= 0.6 is 0 Å². The number of rotatable bonds is 3. The first-order valence-corrected chi connectivity index (χ1v) is 7.26. The molecule has 0 fully saturated rings. The molecule has 2 heteroatoms. The van der Waals surface area contributed by atoms with Crippen molar-refractivity contribution in [2.45, 2.75) is 32.2 Å². The Hall–Kier alpha value is -1.96. The van der Waals surface area contributed by atoms with E-state index in [9.17, 15) is 0 Å². The highest BCUT2D eigenvalue weighted by atomic mass is 16.5. The largest absolute Gasteiger partial charge is 0.497 e. The molecule has 1 atom stereocenters. The quantitative estimate of drug-likeness (QED) is 0.906. The van der Waals surface area contributed by atoms with E-state index in [1.807, 2.05) is 12.1 Å². The van der Waals surface area contributed by atoms with Crippen LogP contribution in [-0.4, -0.2) is 13.2 Å². The first kappa shape index (κ1) is 13.0. The Bertz CT molecular complexity index is 589. The fourth-order valence-corrected chi connectivity index (χ4v) is 2.79. The predicted octanol–water partition coefficient (Wildman–Crippen LogP) is 4.03. The average molecular weight is 267 g/mol. The molecule has 1 aliphatic heterocycles. The second-order valence-corrected chi connectivity index (χ2v) is 5.60. The minimum atomic E-state index is 0.593. The number of hydrogen-bond acceptors (Lipinski definition) is 2. The van der Waals surface area contributed by atoms with Gasteiger partial charge in [-0.2, -0.15) is 0 Å². The highest BCUT2D eigenvalue weighted by Gasteiger charge is 2.13. The van der Waals surface area contributed by atoms with Crippen molar-refractivity contribution in [2.24, 2.45) is 0 Å². The molecule has 20 heavy (non-hydrogen) atoms. The number of aryl methyl sites for hydroxylation is 1. The SMILES string of the molecule is COc1ccc(Cc2ccc3c(c2)CCC(C)N3)cc1. The van der Waals surface area contributed by atoms with Crippen LogP contribution in [0.25, 0.3) is 0 Å². The van der Waals surface area contributed by atoms with Gasteiger partial charge < -0.3 is 10.1 Å². The van der Waals surface area contributed by atoms with E-state index in [1.165, 1.54) is 35.2 Å². The van der Waals surface area contributed by atoms with Crippen molar-refractivity contribution in [3.63, 3.8) is 0 Å². The first-order chi connectivity index (χ1) is 9.74. The maximum absolute atomic E-state index is 5.20. The summed E-state index contributed by atoms with van der Waals surface area (Å²) in [7, 11) is 1.70. The number of methoxy groups -OCH3 is 1. The van der Waals surface area contributed by atoms with Gasteiger partial charge in [-0.05, 0) is 61.1 Å². The lowest BCUT2D eigenvalue weighted by molar-refractivity contribution is 0.414. The molecule has 2 aromatic rings. The van der Waals surface area contributed by atoms with Crippen LogP contribution in [0.5, 0.6) is 5.75 Å². The normalized spacial score (nSPS) is 17.2. The van der Waals surface area contributed by atoms with Crippen LogP contribution in [0.15, 0.2) is 42.5 Å². The van der Waals surface area contributed by atoms with Gasteiger partial charge >= 0.3 is 0 Å². The highest BCUT2D eigenvalue weighted by Crippen LogP contribution is 2.26. The van der Waals surface area contributed by atoms with E-state index in [0.29, 0.717) is 6.04 Å². The zero-order chi connectivity index (χ0) is 13.9. The van der Waals surface area contributed by atoms with Crippen molar-refractivity contribution >= 4 is 5.69 Å². The standard InChI is InChI=1S/C18H21NO/c1-13-3-7-16-12-15(6-10-18(16)19-13)11-14-4-8-17(20-2)9-5-14/h4-6,8-10,12-13,19H,3,7,11H2,1-2H3. The Balaban J connectivity index is 1.77. The molecule has 0 spiro atoms. The monoisotopic (exact) mass is 267 g/mol. The molecular formula is C18H21NO. The minimum absolute atomic E-state index is 0.593. The van der Waals surface area contributed by atoms with Gasteiger partial charge in [-0.3, -0.25) is 0 Å². The molecule has 1 aliphatic rings. The minimum Gasteiger partial charge on any atom is -0.497 e. The number of hydrogen-bond donors (Lipinski definition) is 1. The van der Waals surface area contributed by atoms with E-state index < -0.39 is 0 Å². The van der Waals surface area contributed by atoms with E-state index in [4.69, 9.17) is 4.74 Å². The molecule has 0 aliphatic carbocycles. The van der Waals surface area contributed by atoms with Crippen LogP contribution in [0.1, 0.15) is 30.0 Å². The lowest BCUT2D eigenvalue weighted by Gasteiger charge is -2.24. The van der Waals surface area contributed by atoms with E-state index in [0.717, 1.165) is 12.2 Å². The molecule has 0 saturated carbocycles. The molecule has 1 heterocycles. The van der Waals surface area contributed by atoms with Gasteiger partial charge in [-0.25, -0.2) is 0 Å². The maximum Gasteiger partial charge on any atom is 0.118 e. The van der Waals surface area contributed by atoms with Crippen molar-refractivity contribution in [3.05, 3.63) is 59.2 Å². The fourth-order valence-electron chi connectivity index (χ4n) is 2.79. The third-order valence-electron chi connectivity index (χ3n) is 3.99. The summed E-state index contributed by atoms with van der Waals surface area (Å²) in [5, 5.41) is 3.55. The molecular weight excluding hydrogens is 246 g/mol. The molecule has 0 bridgehead atoms. The number of fused-ring (bicyclic) bond motifs is 1. The van der Waals surface area contributed by atoms with Crippen LogP contribution in [0.4, 0.5) is 5.69 Å². The molecule has 0 aromatic heterocycles. The molecule has 1 N–H and O–H groups in total. The lowest BCUT2D eigenvalue weighted by Crippen LogP contribution is -2.21. The number of ether oxygens (including phenoxy) is 1. The first-order valence-electron chi connectivity index (χ1n) is 7.26. The summed E-state index contributed by atoms with van der Waals surface area (Å²) in [4.78, 5) is 0. The van der Waals surface area contributed by atoms with E-state index in [2.05, 4.69) is 42.6 Å². The van der Waals surface area contributed by atoms with Crippen LogP contribution < -0.4 is 10.1 Å². The van der Waals surface area contributed by atoms with Gasteiger partial charge in [-0.1, -0.05) is 24.3 Å². The topological polar surface area (TPSA) is 21.3 Å². The smallest absolute Gasteiger partial charge is 0.118 e. The Morgan fingerprint density at radius 3 is 2.60 bits per heavy atom. The van der Waals surface area contributed by atoms with Crippen molar-refractivity contribution in [1.82, 2.24) is 0 Å². The second-order valence-electron chi connectivity index (χ2n) is 5.60. The molecule has 2 aromatic carbocycles. The number of nitrogens with one attached hydrogen (secondary N) is 1. The summed E-state index contributed by atoms with van der Waals surface area (Å²) in [6.07, 6.45) is 3.38. The van der Waals surface area contributed by atoms with Gasteiger partial charge in [0.05, 0.1) is 7.11 Å². The molecule has 1 unspecified atom stereocenters. The molecule has 104 valence electrons. The van der Waals surface area contributed by atoms with Crippen molar-refractivity contribution in [3.8, 4) is 5.75 Å². The summed E-state index contributed by atoms with van der Waals surface area (Å²) >= 11 is 0. The van der Waals surface area contributed by atoms with Crippen molar-refractivity contribution in [1.29, 1.82) is 0 Å². The summed E-state index contributed by atoms with van der Waals surface area (Å²) in [6, 6.07) is 15.7. The van der Waals surface area contributed by atoms with E-state index in [-0.39, 0.29) is 0 Å². The van der Waals surface area contributed by atoms with Gasteiger partial charge in [-0.15, -0.1) is 0 Å². The third-order valence-corrected chi connectivity index (χ3v) is 3.99. The van der Waals surface area contributed by atoms with Crippen LogP contribution in [0.3, 0.4) is 0 Å². The molecule has 2 nitrogen and oxygen atoms in total. The van der Waals surface area contributed by atoms with Crippen molar-refractivity contribution in [2.75, 3.05) is 12.4 Å². The summed E-state index contributed by atoms with van der Waals surface area (Å²) in [5.41, 5.74) is 5.46. The summed E-state index contributed by atoms with van der Waals surface area (Å²) < 4.78 is 5.20. The maximum atomic E-state index is 5.20. The fraction of sp³-hybridized carbons (Fsp3) is 0.333. The lowest BCUT2D eigenvalue weighted by atomic mass is 9.95. The van der Waals surface area contributed by atoms with Gasteiger partial charge in [0.25, 0.3) is 0 Å². The third kappa shape index (κ3) is 2.79. The van der Waals surface area contributed by atoms with Crippen LogP contribution in [0.2, 0.25) is 0 Å². The summed E-state index contributed by atoms with van der Waals surface area (Å²) in [6.45, 7) is 2.24. The van der Waals surface area contributed by atoms with E-state index in [1.54, 1.807) is 7.11 Å². The highest BCUT2D eigenvalue weighted by molar-refractivity contribution is 5.55. The van der Waals surface area contributed by atoms with Crippen LogP contribution in [0, 0.1) is 0 Å². The molecule has 3 rings (SSSR count). The zero-order valence-electron chi connectivity index (χ0n) is 12.1. The van der Waals surface area contributed by atoms with Crippen molar-refractivity contribution < 1.29 is 4.74 Å². The summed E-state index contributed by atoms with van der Waals surface area (Å²) in [5.74, 6) is 0.914. The molecule has 0 saturated heterocycles. The Labute approximate surface area is 120 Å². The Morgan fingerprint density at radius 2 is 1.85 bits per heavy atom. The van der Waals surface area contributed by atoms with E-state index >= 15 is 0 Å². The Kier molecular flexibility index (Phi) is 3.64. The average Bonchev–Trinajstić information content (AvgIpc) is 2.48. The van der Waals surface area contributed by atoms with Gasteiger partial charge in [0.2, 0.25) is 0 Å². The number of anilines is 1. The molecule has 0 radical (unpaired) electrons. The molecule has 0 amide bonds. The zero-order valence-corrected chi connectivity index (χ0v) is 12.1. The van der Waals surface area contributed by atoms with Gasteiger partial charge in [0.1, 0.15) is 5.75 Å². The van der Waals surface area contributed by atoms with Crippen LogP contribution in [-0.2, 0) is 12.8 Å². The van der Waals surface area contributed by atoms with Gasteiger partial charge in [0, 0.05) is 11.7 Å².